The molecule has 2 aliphatic heterocycles. The van der Waals surface area contributed by atoms with Crippen LogP contribution in [-0.4, -0.2) is 50.6 Å². The highest BCUT2D eigenvalue weighted by atomic mass is 32.1. The standard InChI is InChI=1S/C32H33N3O6S/c1-4-8-23-28(31(37)40-5-2)29(27-22-10-7-6-9-20(22)11-13-24(27)38-3)35-30(36)25(42-32(35)33-23)19-21-12-14-26(41-21)34-15-17-39-18-16-34/h6-7,9-14,19,29H,4-5,8,15-18H2,1-3H3/b25-19-/t29-/m1/s1. The number of carbonyl (C=O) groups excluding carboxylic acids is 1. The van der Waals surface area contributed by atoms with Crippen LogP contribution in [0.25, 0.3) is 16.8 Å². The topological polar surface area (TPSA) is 95.5 Å². The number of ether oxygens (including phenoxy) is 3. The van der Waals surface area contributed by atoms with E-state index in [-0.39, 0.29) is 12.2 Å². The molecule has 0 saturated carbocycles. The van der Waals surface area contributed by atoms with Crippen molar-refractivity contribution in [1.29, 1.82) is 0 Å². The van der Waals surface area contributed by atoms with Gasteiger partial charge in [-0.2, -0.15) is 0 Å². The molecule has 1 atom stereocenters. The first-order valence-corrected chi connectivity index (χ1v) is 15.1. The Morgan fingerprint density at radius 3 is 2.69 bits per heavy atom. The van der Waals surface area contributed by atoms with Gasteiger partial charge < -0.3 is 23.5 Å². The summed E-state index contributed by atoms with van der Waals surface area (Å²) >= 11 is 1.28. The highest BCUT2D eigenvalue weighted by Crippen LogP contribution is 2.41. The molecule has 2 aromatic carbocycles. The molecule has 2 aromatic heterocycles. The molecule has 2 aliphatic rings. The molecule has 0 radical (unpaired) electrons. The number of benzene rings is 2. The predicted molar refractivity (Wildman–Crippen MR) is 162 cm³/mol. The number of nitrogens with zero attached hydrogens (tertiary/aromatic N) is 3. The second kappa shape index (κ2) is 12.0. The molecule has 0 N–H and O–H groups in total. The third-order valence-electron chi connectivity index (χ3n) is 7.52. The van der Waals surface area contributed by atoms with Crippen molar-refractivity contribution in [3.05, 3.63) is 90.8 Å². The molecular formula is C32H33N3O6S. The van der Waals surface area contributed by atoms with E-state index in [2.05, 4.69) is 4.90 Å². The van der Waals surface area contributed by atoms with Crippen LogP contribution in [0.15, 0.2) is 74.0 Å². The second-order valence-corrected chi connectivity index (χ2v) is 11.1. The van der Waals surface area contributed by atoms with Gasteiger partial charge in [-0.25, -0.2) is 9.79 Å². The smallest absolute Gasteiger partial charge is 0.338 e. The van der Waals surface area contributed by atoms with Crippen LogP contribution in [0.3, 0.4) is 0 Å². The maximum absolute atomic E-state index is 14.2. The van der Waals surface area contributed by atoms with E-state index in [9.17, 15) is 9.59 Å². The number of hydrogen-bond acceptors (Lipinski definition) is 9. The Morgan fingerprint density at radius 1 is 1.12 bits per heavy atom. The van der Waals surface area contributed by atoms with E-state index in [0.29, 0.717) is 51.7 Å². The highest BCUT2D eigenvalue weighted by Gasteiger charge is 2.37. The molecule has 0 spiro atoms. The summed E-state index contributed by atoms with van der Waals surface area (Å²) in [4.78, 5) is 35.4. The molecule has 6 rings (SSSR count). The van der Waals surface area contributed by atoms with Crippen molar-refractivity contribution in [3.8, 4) is 5.75 Å². The number of anilines is 1. The van der Waals surface area contributed by atoms with Gasteiger partial charge in [0, 0.05) is 30.8 Å². The summed E-state index contributed by atoms with van der Waals surface area (Å²) in [5, 5.41) is 1.86. The molecular weight excluding hydrogens is 554 g/mol. The molecule has 0 bridgehead atoms. The fourth-order valence-corrected chi connectivity index (χ4v) is 6.63. The lowest BCUT2D eigenvalue weighted by Gasteiger charge is -2.28. The van der Waals surface area contributed by atoms with Crippen molar-refractivity contribution in [2.24, 2.45) is 4.99 Å². The molecule has 1 fully saturated rings. The summed E-state index contributed by atoms with van der Waals surface area (Å²) in [6, 6.07) is 14.7. The molecule has 10 heteroatoms. The lowest BCUT2D eigenvalue weighted by Crippen LogP contribution is -2.40. The number of rotatable bonds is 8. The molecule has 4 heterocycles. The largest absolute Gasteiger partial charge is 0.496 e. The molecule has 1 saturated heterocycles. The first kappa shape index (κ1) is 28.0. The van der Waals surface area contributed by atoms with Crippen LogP contribution in [0.5, 0.6) is 5.75 Å². The summed E-state index contributed by atoms with van der Waals surface area (Å²) in [7, 11) is 1.60. The first-order valence-electron chi connectivity index (χ1n) is 14.2. The molecule has 0 amide bonds. The van der Waals surface area contributed by atoms with Gasteiger partial charge >= 0.3 is 5.97 Å². The fraction of sp³-hybridized carbons (Fsp3) is 0.344. The molecule has 9 nitrogen and oxygen atoms in total. The summed E-state index contributed by atoms with van der Waals surface area (Å²) in [6.45, 7) is 6.81. The Hall–Kier alpha value is -4.15. The van der Waals surface area contributed by atoms with Crippen LogP contribution in [0.1, 0.15) is 44.1 Å². The molecule has 4 aromatic rings. The van der Waals surface area contributed by atoms with Crippen molar-refractivity contribution in [2.75, 3.05) is 44.9 Å². The highest BCUT2D eigenvalue weighted by molar-refractivity contribution is 7.07. The zero-order valence-electron chi connectivity index (χ0n) is 23.9. The van der Waals surface area contributed by atoms with Gasteiger partial charge in [-0.3, -0.25) is 9.36 Å². The SMILES string of the molecule is CCCC1=C(C(=O)OCC)[C@@H](c2c(OC)ccc3ccccc23)n2c(s/c(=C\c3ccc(N4CCOCC4)o3)c2=O)=N1. The van der Waals surface area contributed by atoms with E-state index >= 15 is 0 Å². The summed E-state index contributed by atoms with van der Waals surface area (Å²) in [5.41, 5.74) is 1.44. The van der Waals surface area contributed by atoms with E-state index < -0.39 is 12.0 Å². The first-order chi connectivity index (χ1) is 20.5. The maximum Gasteiger partial charge on any atom is 0.338 e. The summed E-state index contributed by atoms with van der Waals surface area (Å²) < 4.78 is 25.1. The van der Waals surface area contributed by atoms with Gasteiger partial charge in [0.2, 0.25) is 0 Å². The van der Waals surface area contributed by atoms with Gasteiger partial charge in [0.15, 0.2) is 10.7 Å². The Morgan fingerprint density at radius 2 is 1.93 bits per heavy atom. The zero-order valence-corrected chi connectivity index (χ0v) is 24.7. The second-order valence-electron chi connectivity index (χ2n) is 10.1. The molecule has 0 unspecified atom stereocenters. The Balaban J connectivity index is 1.58. The monoisotopic (exact) mass is 587 g/mol. The van der Waals surface area contributed by atoms with Crippen LogP contribution >= 0.6 is 11.3 Å². The number of fused-ring (bicyclic) bond motifs is 2. The minimum Gasteiger partial charge on any atom is -0.496 e. The van der Waals surface area contributed by atoms with E-state index in [0.717, 1.165) is 41.7 Å². The third-order valence-corrected chi connectivity index (χ3v) is 8.51. The number of methoxy groups -OCH3 is 1. The number of allylic oxidation sites excluding steroid dienone is 1. The average Bonchev–Trinajstić information content (AvgIpc) is 3.61. The fourth-order valence-electron chi connectivity index (χ4n) is 5.63. The average molecular weight is 588 g/mol. The molecule has 218 valence electrons. The number of aromatic nitrogens is 1. The minimum absolute atomic E-state index is 0.204. The quantitative estimate of drug-likeness (QED) is 0.286. The Labute approximate surface area is 246 Å². The van der Waals surface area contributed by atoms with E-state index in [1.807, 2.05) is 55.5 Å². The van der Waals surface area contributed by atoms with Crippen LogP contribution in [-0.2, 0) is 14.3 Å². The van der Waals surface area contributed by atoms with Gasteiger partial charge in [-0.1, -0.05) is 55.0 Å². The molecule has 0 aliphatic carbocycles. The maximum atomic E-state index is 14.2. The van der Waals surface area contributed by atoms with E-state index in [4.69, 9.17) is 23.6 Å². The predicted octanol–water partition coefficient (Wildman–Crippen LogP) is 4.17. The van der Waals surface area contributed by atoms with Gasteiger partial charge in [0.25, 0.3) is 5.56 Å². The Bertz CT molecular complexity index is 1840. The van der Waals surface area contributed by atoms with Crippen LogP contribution in [0.4, 0.5) is 5.88 Å². The lowest BCUT2D eigenvalue weighted by atomic mass is 9.90. The number of carbonyl (C=O) groups is 1. The lowest BCUT2D eigenvalue weighted by molar-refractivity contribution is -0.139. The van der Waals surface area contributed by atoms with Crippen molar-refractivity contribution < 1.29 is 23.4 Å². The number of thiazole rings is 1. The van der Waals surface area contributed by atoms with Crippen molar-refractivity contribution in [2.45, 2.75) is 32.7 Å². The van der Waals surface area contributed by atoms with Crippen LogP contribution in [0, 0.1) is 0 Å². The van der Waals surface area contributed by atoms with Crippen molar-refractivity contribution >= 4 is 40.0 Å². The van der Waals surface area contributed by atoms with Gasteiger partial charge in [0.05, 0.1) is 42.7 Å². The van der Waals surface area contributed by atoms with Crippen LogP contribution in [0.2, 0.25) is 0 Å². The number of hydrogen-bond donors (Lipinski definition) is 0. The summed E-state index contributed by atoms with van der Waals surface area (Å²) in [5.74, 6) is 1.40. The third kappa shape index (κ3) is 5.05. The Kier molecular flexibility index (Phi) is 7.99. The normalized spacial score (nSPS) is 17.4. The van der Waals surface area contributed by atoms with Crippen molar-refractivity contribution in [1.82, 2.24) is 4.57 Å². The van der Waals surface area contributed by atoms with Gasteiger partial charge in [0.1, 0.15) is 17.6 Å². The van der Waals surface area contributed by atoms with Crippen molar-refractivity contribution in [3.63, 3.8) is 0 Å². The summed E-state index contributed by atoms with van der Waals surface area (Å²) in [6.07, 6.45) is 3.08. The van der Waals surface area contributed by atoms with Gasteiger partial charge in [-0.15, -0.1) is 0 Å². The molecule has 42 heavy (non-hydrogen) atoms. The number of morpholine rings is 1. The van der Waals surface area contributed by atoms with Gasteiger partial charge in [-0.05, 0) is 36.2 Å². The van der Waals surface area contributed by atoms with Crippen LogP contribution < -0.4 is 24.5 Å². The minimum atomic E-state index is -0.787. The number of furan rings is 1. The van der Waals surface area contributed by atoms with E-state index in [1.54, 1.807) is 24.7 Å². The number of esters is 1. The zero-order chi connectivity index (χ0) is 29.2. The van der Waals surface area contributed by atoms with E-state index in [1.165, 1.54) is 11.3 Å².